The first-order chi connectivity index (χ1) is 13.7. The third-order valence-corrected chi connectivity index (χ3v) is 5.59. The standard InChI is InChI=1S/C21H19ClFN5/c22-14-9-10-18-17(12-14)20(24-16-7-2-1-3-8-16)25-21-19(26-27-28(18)21)13-5-4-6-15(23)11-13/h4-6,9-12,16H,1-3,7-8H2,(H,24,25). The lowest BCUT2D eigenvalue weighted by Gasteiger charge is -2.24. The Labute approximate surface area is 166 Å². The zero-order valence-corrected chi connectivity index (χ0v) is 16.0. The minimum absolute atomic E-state index is 0.313. The van der Waals surface area contributed by atoms with E-state index in [1.165, 1.54) is 31.4 Å². The highest BCUT2D eigenvalue weighted by Crippen LogP contribution is 2.31. The van der Waals surface area contributed by atoms with Crippen molar-refractivity contribution in [3.05, 3.63) is 53.3 Å². The van der Waals surface area contributed by atoms with Crippen LogP contribution >= 0.6 is 11.6 Å². The summed E-state index contributed by atoms with van der Waals surface area (Å²) in [6.07, 6.45) is 5.99. The van der Waals surface area contributed by atoms with Crippen LogP contribution in [0.5, 0.6) is 0 Å². The maximum atomic E-state index is 13.7. The zero-order chi connectivity index (χ0) is 19.1. The monoisotopic (exact) mass is 395 g/mol. The Morgan fingerprint density at radius 3 is 2.75 bits per heavy atom. The number of aromatic nitrogens is 4. The highest BCUT2D eigenvalue weighted by atomic mass is 35.5. The van der Waals surface area contributed by atoms with Gasteiger partial charge in [0, 0.05) is 22.0 Å². The van der Waals surface area contributed by atoms with E-state index in [0.717, 1.165) is 29.6 Å². The van der Waals surface area contributed by atoms with Crippen LogP contribution in [0.3, 0.4) is 0 Å². The van der Waals surface area contributed by atoms with E-state index in [-0.39, 0.29) is 5.82 Å². The number of benzene rings is 2. The van der Waals surface area contributed by atoms with Gasteiger partial charge in [-0.05, 0) is 43.2 Å². The van der Waals surface area contributed by atoms with E-state index in [0.29, 0.717) is 28.0 Å². The largest absolute Gasteiger partial charge is 0.367 e. The Kier molecular flexibility index (Phi) is 4.36. The molecule has 28 heavy (non-hydrogen) atoms. The van der Waals surface area contributed by atoms with Gasteiger partial charge in [-0.3, -0.25) is 0 Å². The molecule has 1 fully saturated rings. The van der Waals surface area contributed by atoms with Gasteiger partial charge in [0.05, 0.1) is 5.52 Å². The predicted molar refractivity (Wildman–Crippen MR) is 109 cm³/mol. The Hall–Kier alpha value is -2.73. The van der Waals surface area contributed by atoms with Crippen molar-refractivity contribution in [2.75, 3.05) is 5.32 Å². The molecule has 0 amide bonds. The summed E-state index contributed by atoms with van der Waals surface area (Å²) in [6.45, 7) is 0. The molecule has 0 bridgehead atoms. The molecule has 0 unspecified atom stereocenters. The van der Waals surface area contributed by atoms with E-state index < -0.39 is 0 Å². The zero-order valence-electron chi connectivity index (χ0n) is 15.2. The molecule has 2 aromatic heterocycles. The van der Waals surface area contributed by atoms with Crippen molar-refractivity contribution >= 4 is 34.0 Å². The fourth-order valence-corrected chi connectivity index (χ4v) is 4.13. The molecule has 5 rings (SSSR count). The molecule has 0 atom stereocenters. The average molecular weight is 396 g/mol. The topological polar surface area (TPSA) is 55.1 Å². The molecule has 2 heterocycles. The van der Waals surface area contributed by atoms with Crippen molar-refractivity contribution in [1.29, 1.82) is 0 Å². The van der Waals surface area contributed by atoms with Crippen molar-refractivity contribution in [3.8, 4) is 11.3 Å². The van der Waals surface area contributed by atoms with Gasteiger partial charge in [0.1, 0.15) is 17.3 Å². The number of halogens is 2. The summed E-state index contributed by atoms with van der Waals surface area (Å²) in [5.74, 6) is 0.462. The lowest BCUT2D eigenvalue weighted by molar-refractivity contribution is 0.462. The molecule has 0 saturated heterocycles. The van der Waals surface area contributed by atoms with Gasteiger partial charge in [0.15, 0.2) is 5.65 Å². The van der Waals surface area contributed by atoms with Gasteiger partial charge < -0.3 is 5.32 Å². The molecule has 1 aliphatic carbocycles. The third kappa shape index (κ3) is 3.07. The van der Waals surface area contributed by atoms with Gasteiger partial charge in [0.25, 0.3) is 0 Å². The molecule has 1 N–H and O–H groups in total. The number of rotatable bonds is 3. The first-order valence-corrected chi connectivity index (χ1v) is 9.94. The van der Waals surface area contributed by atoms with Gasteiger partial charge >= 0.3 is 0 Å². The van der Waals surface area contributed by atoms with Crippen LogP contribution in [0.2, 0.25) is 5.02 Å². The Balaban J connectivity index is 1.71. The Morgan fingerprint density at radius 1 is 1.07 bits per heavy atom. The van der Waals surface area contributed by atoms with E-state index >= 15 is 0 Å². The van der Waals surface area contributed by atoms with Gasteiger partial charge in [-0.15, -0.1) is 5.10 Å². The van der Waals surface area contributed by atoms with Crippen molar-refractivity contribution in [1.82, 2.24) is 19.8 Å². The molecule has 5 nitrogen and oxygen atoms in total. The van der Waals surface area contributed by atoms with Crippen LogP contribution in [-0.4, -0.2) is 25.9 Å². The van der Waals surface area contributed by atoms with Crippen LogP contribution in [0.4, 0.5) is 10.2 Å². The highest BCUT2D eigenvalue weighted by Gasteiger charge is 2.19. The molecule has 2 aromatic carbocycles. The summed E-state index contributed by atoms with van der Waals surface area (Å²) in [7, 11) is 0. The van der Waals surface area contributed by atoms with Crippen LogP contribution in [0.15, 0.2) is 42.5 Å². The number of nitrogens with zero attached hydrogens (tertiary/aromatic N) is 4. The number of fused-ring (bicyclic) bond motifs is 3. The van der Waals surface area contributed by atoms with Crippen LogP contribution in [0.25, 0.3) is 27.8 Å². The smallest absolute Gasteiger partial charge is 0.186 e. The molecule has 0 radical (unpaired) electrons. The van der Waals surface area contributed by atoms with Gasteiger partial charge in [-0.2, -0.15) is 4.52 Å². The fraction of sp³-hybridized carbons (Fsp3) is 0.286. The summed E-state index contributed by atoms with van der Waals surface area (Å²) >= 11 is 6.26. The molecule has 0 spiro atoms. The highest BCUT2D eigenvalue weighted by molar-refractivity contribution is 6.31. The van der Waals surface area contributed by atoms with Crippen LogP contribution in [0, 0.1) is 5.82 Å². The normalized spacial score (nSPS) is 15.4. The van der Waals surface area contributed by atoms with Crippen molar-refractivity contribution in [3.63, 3.8) is 0 Å². The summed E-state index contributed by atoms with van der Waals surface area (Å²) in [4.78, 5) is 4.85. The minimum atomic E-state index is -0.313. The number of hydrogen-bond donors (Lipinski definition) is 1. The molecule has 1 aliphatic rings. The van der Waals surface area contributed by atoms with Crippen LogP contribution in [-0.2, 0) is 0 Å². The van der Waals surface area contributed by atoms with Crippen molar-refractivity contribution < 1.29 is 4.39 Å². The summed E-state index contributed by atoms with van der Waals surface area (Å²) in [6, 6.07) is 12.4. The lowest BCUT2D eigenvalue weighted by atomic mass is 9.95. The average Bonchev–Trinajstić information content (AvgIpc) is 3.13. The third-order valence-electron chi connectivity index (χ3n) is 5.35. The van der Waals surface area contributed by atoms with E-state index in [2.05, 4.69) is 15.6 Å². The summed E-state index contributed by atoms with van der Waals surface area (Å²) in [5, 5.41) is 13.7. The summed E-state index contributed by atoms with van der Waals surface area (Å²) in [5.41, 5.74) is 2.67. The van der Waals surface area contributed by atoms with E-state index in [4.69, 9.17) is 16.6 Å². The second-order valence-electron chi connectivity index (χ2n) is 7.28. The number of hydrogen-bond acceptors (Lipinski definition) is 4. The van der Waals surface area contributed by atoms with Crippen molar-refractivity contribution in [2.45, 2.75) is 38.1 Å². The van der Waals surface area contributed by atoms with E-state index in [1.54, 1.807) is 10.6 Å². The second-order valence-corrected chi connectivity index (χ2v) is 7.72. The molecule has 142 valence electrons. The maximum absolute atomic E-state index is 13.7. The molecule has 7 heteroatoms. The first-order valence-electron chi connectivity index (χ1n) is 9.56. The number of nitrogens with one attached hydrogen (secondary N) is 1. The SMILES string of the molecule is Fc1cccc(-c2nnn3c2nc(NC2CCCCC2)c2cc(Cl)ccc23)c1. The lowest BCUT2D eigenvalue weighted by Crippen LogP contribution is -2.23. The van der Waals surface area contributed by atoms with E-state index in [1.807, 2.05) is 24.3 Å². The van der Waals surface area contributed by atoms with Gasteiger partial charge in [-0.1, -0.05) is 48.2 Å². The number of anilines is 1. The Bertz CT molecular complexity index is 1170. The van der Waals surface area contributed by atoms with Gasteiger partial charge in [0.2, 0.25) is 0 Å². The Morgan fingerprint density at radius 2 is 1.93 bits per heavy atom. The van der Waals surface area contributed by atoms with Crippen molar-refractivity contribution in [2.24, 2.45) is 0 Å². The maximum Gasteiger partial charge on any atom is 0.186 e. The fourth-order valence-electron chi connectivity index (χ4n) is 3.96. The second kappa shape index (κ2) is 7.02. The van der Waals surface area contributed by atoms with Crippen LogP contribution in [0.1, 0.15) is 32.1 Å². The molecule has 4 aromatic rings. The first kappa shape index (κ1) is 17.4. The molecular formula is C21H19ClFN5. The van der Waals surface area contributed by atoms with E-state index in [9.17, 15) is 4.39 Å². The molecule has 1 saturated carbocycles. The molecule has 0 aliphatic heterocycles. The predicted octanol–water partition coefficient (Wildman–Crippen LogP) is 5.48. The van der Waals surface area contributed by atoms with Crippen LogP contribution < -0.4 is 5.32 Å². The quantitative estimate of drug-likeness (QED) is 0.499. The molecular weight excluding hydrogens is 377 g/mol. The van der Waals surface area contributed by atoms with Gasteiger partial charge in [-0.25, -0.2) is 9.37 Å². The summed E-state index contributed by atoms with van der Waals surface area (Å²) < 4.78 is 15.4. The minimum Gasteiger partial charge on any atom is -0.367 e.